The van der Waals surface area contributed by atoms with Crippen molar-refractivity contribution in [3.63, 3.8) is 0 Å². The molecule has 0 aliphatic carbocycles. The van der Waals surface area contributed by atoms with Crippen molar-refractivity contribution in [3.8, 4) is 11.5 Å². The van der Waals surface area contributed by atoms with E-state index >= 15 is 0 Å². The summed E-state index contributed by atoms with van der Waals surface area (Å²) in [4.78, 5) is 11.4. The first kappa shape index (κ1) is 15.4. The maximum absolute atomic E-state index is 11.4. The Morgan fingerprint density at radius 1 is 1.14 bits per heavy atom. The molecule has 0 heterocycles. The lowest BCUT2D eigenvalue weighted by Gasteiger charge is -2.17. The van der Waals surface area contributed by atoms with Gasteiger partial charge in [0.25, 0.3) is 0 Å². The number of methoxy groups -OCH3 is 1. The highest BCUT2D eigenvalue weighted by atomic mass is 79.9. The zero-order valence-electron chi connectivity index (χ0n) is 11.5. The number of aliphatic carboxylic acids is 1. The molecule has 0 spiro atoms. The van der Waals surface area contributed by atoms with Crippen LogP contribution in [0, 0.1) is 0 Å². The summed E-state index contributed by atoms with van der Waals surface area (Å²) < 4.78 is 11.7. The molecule has 0 bridgehead atoms. The van der Waals surface area contributed by atoms with Crippen molar-refractivity contribution in [3.05, 3.63) is 58.6 Å². The highest BCUT2D eigenvalue weighted by Gasteiger charge is 2.21. The molecule has 21 heavy (non-hydrogen) atoms. The van der Waals surface area contributed by atoms with Gasteiger partial charge in [0.1, 0.15) is 0 Å². The second-order valence-corrected chi connectivity index (χ2v) is 5.34. The number of halogens is 1. The lowest BCUT2D eigenvalue weighted by Crippen LogP contribution is -2.29. The molecule has 0 fully saturated rings. The minimum atomic E-state index is -1.01. The van der Waals surface area contributed by atoms with E-state index in [-0.39, 0.29) is 6.42 Å². The predicted molar refractivity (Wildman–Crippen MR) is 82.9 cm³/mol. The van der Waals surface area contributed by atoms with Gasteiger partial charge in [0.2, 0.25) is 0 Å². The number of benzene rings is 2. The van der Waals surface area contributed by atoms with Gasteiger partial charge in [0, 0.05) is 10.9 Å². The number of para-hydroxylation sites is 2. The van der Waals surface area contributed by atoms with Crippen molar-refractivity contribution < 1.29 is 19.4 Å². The molecule has 5 heteroatoms. The van der Waals surface area contributed by atoms with Crippen LogP contribution < -0.4 is 9.47 Å². The van der Waals surface area contributed by atoms with E-state index in [9.17, 15) is 9.90 Å². The van der Waals surface area contributed by atoms with Gasteiger partial charge in [-0.25, -0.2) is 4.79 Å². The van der Waals surface area contributed by atoms with Gasteiger partial charge in [-0.3, -0.25) is 0 Å². The Labute approximate surface area is 131 Å². The summed E-state index contributed by atoms with van der Waals surface area (Å²) in [5, 5.41) is 9.34. The summed E-state index contributed by atoms with van der Waals surface area (Å²) in [6.07, 6.45) is -0.691. The first-order chi connectivity index (χ1) is 10.1. The van der Waals surface area contributed by atoms with Crippen molar-refractivity contribution >= 4 is 21.9 Å². The van der Waals surface area contributed by atoms with E-state index in [0.29, 0.717) is 11.5 Å². The molecule has 0 saturated heterocycles. The SMILES string of the molecule is COc1ccccc1OC(Cc1ccc(Br)cc1)C(=O)O. The Balaban J connectivity index is 2.16. The van der Waals surface area contributed by atoms with Crippen LogP contribution in [-0.2, 0) is 11.2 Å². The number of rotatable bonds is 6. The van der Waals surface area contributed by atoms with Crippen molar-refractivity contribution in [2.75, 3.05) is 7.11 Å². The van der Waals surface area contributed by atoms with Gasteiger partial charge in [0.05, 0.1) is 7.11 Å². The van der Waals surface area contributed by atoms with E-state index < -0.39 is 12.1 Å². The topological polar surface area (TPSA) is 55.8 Å². The van der Waals surface area contributed by atoms with E-state index in [1.54, 1.807) is 24.3 Å². The highest BCUT2D eigenvalue weighted by molar-refractivity contribution is 9.10. The first-order valence-corrected chi connectivity index (χ1v) is 7.16. The van der Waals surface area contributed by atoms with Gasteiger partial charge < -0.3 is 14.6 Å². The number of hydrogen-bond donors (Lipinski definition) is 1. The minimum absolute atomic E-state index is 0.278. The number of hydrogen-bond acceptors (Lipinski definition) is 3. The summed E-state index contributed by atoms with van der Waals surface area (Å²) in [5.41, 5.74) is 0.889. The largest absolute Gasteiger partial charge is 0.493 e. The van der Waals surface area contributed by atoms with Crippen LogP contribution in [-0.4, -0.2) is 24.3 Å². The van der Waals surface area contributed by atoms with Gasteiger partial charge in [-0.1, -0.05) is 40.2 Å². The molecule has 0 saturated carbocycles. The molecule has 0 amide bonds. The van der Waals surface area contributed by atoms with E-state index in [1.165, 1.54) is 7.11 Å². The molecule has 0 aliphatic heterocycles. The molecule has 2 aromatic rings. The molecular formula is C16H15BrO4. The van der Waals surface area contributed by atoms with Crippen LogP contribution in [0.5, 0.6) is 11.5 Å². The Bertz CT molecular complexity index is 610. The lowest BCUT2D eigenvalue weighted by atomic mass is 10.1. The van der Waals surface area contributed by atoms with Gasteiger partial charge in [0.15, 0.2) is 17.6 Å². The molecule has 2 rings (SSSR count). The molecule has 4 nitrogen and oxygen atoms in total. The Kier molecular flexibility index (Phi) is 5.22. The predicted octanol–water partition coefficient (Wildman–Crippen LogP) is 3.53. The molecule has 1 N–H and O–H groups in total. The fourth-order valence-electron chi connectivity index (χ4n) is 1.88. The number of carbonyl (C=O) groups is 1. The third-order valence-corrected chi connectivity index (χ3v) is 3.48. The summed E-state index contributed by atoms with van der Waals surface area (Å²) in [6, 6.07) is 14.5. The van der Waals surface area contributed by atoms with E-state index in [0.717, 1.165) is 10.0 Å². The van der Waals surface area contributed by atoms with Gasteiger partial charge >= 0.3 is 5.97 Å². The molecule has 1 unspecified atom stereocenters. The molecule has 0 radical (unpaired) electrons. The summed E-state index contributed by atoms with van der Waals surface area (Å²) >= 11 is 3.35. The summed E-state index contributed by atoms with van der Waals surface area (Å²) in [6.45, 7) is 0. The fraction of sp³-hybridized carbons (Fsp3) is 0.188. The van der Waals surface area contributed by atoms with Crippen LogP contribution in [0.4, 0.5) is 0 Å². The maximum atomic E-state index is 11.4. The highest BCUT2D eigenvalue weighted by Crippen LogP contribution is 2.27. The quantitative estimate of drug-likeness (QED) is 0.865. The Morgan fingerprint density at radius 2 is 1.76 bits per heavy atom. The molecule has 0 aromatic heterocycles. The summed E-state index contributed by atoms with van der Waals surface area (Å²) in [7, 11) is 1.52. The third-order valence-electron chi connectivity index (χ3n) is 2.95. The van der Waals surface area contributed by atoms with Crippen LogP contribution >= 0.6 is 15.9 Å². The third kappa shape index (κ3) is 4.23. The maximum Gasteiger partial charge on any atom is 0.345 e. The fourth-order valence-corrected chi connectivity index (χ4v) is 2.15. The van der Waals surface area contributed by atoms with Gasteiger partial charge in [-0.15, -0.1) is 0 Å². The second-order valence-electron chi connectivity index (χ2n) is 4.43. The smallest absolute Gasteiger partial charge is 0.345 e. The standard InChI is InChI=1S/C16H15BrO4/c1-20-13-4-2-3-5-14(13)21-15(16(18)19)10-11-6-8-12(17)9-7-11/h2-9,15H,10H2,1H3,(H,18,19). The number of carboxylic acids is 1. The molecule has 110 valence electrons. The number of carboxylic acid groups (broad SMARTS) is 1. The van der Waals surface area contributed by atoms with Crippen LogP contribution in [0.2, 0.25) is 0 Å². The Morgan fingerprint density at radius 3 is 2.33 bits per heavy atom. The van der Waals surface area contributed by atoms with E-state index in [4.69, 9.17) is 9.47 Å². The van der Waals surface area contributed by atoms with Gasteiger partial charge in [-0.05, 0) is 29.8 Å². The average Bonchev–Trinajstić information content (AvgIpc) is 2.49. The minimum Gasteiger partial charge on any atom is -0.493 e. The van der Waals surface area contributed by atoms with Gasteiger partial charge in [-0.2, -0.15) is 0 Å². The van der Waals surface area contributed by atoms with Crippen LogP contribution in [0.15, 0.2) is 53.0 Å². The van der Waals surface area contributed by atoms with Crippen molar-refractivity contribution in [1.82, 2.24) is 0 Å². The first-order valence-electron chi connectivity index (χ1n) is 6.37. The zero-order chi connectivity index (χ0) is 15.2. The normalized spacial score (nSPS) is 11.7. The number of ether oxygens (including phenoxy) is 2. The van der Waals surface area contributed by atoms with E-state index in [2.05, 4.69) is 15.9 Å². The molecule has 1 atom stereocenters. The second kappa shape index (κ2) is 7.13. The molecule has 2 aromatic carbocycles. The van der Waals surface area contributed by atoms with Crippen molar-refractivity contribution in [1.29, 1.82) is 0 Å². The van der Waals surface area contributed by atoms with Crippen molar-refractivity contribution in [2.24, 2.45) is 0 Å². The monoisotopic (exact) mass is 350 g/mol. The van der Waals surface area contributed by atoms with Crippen LogP contribution in [0.25, 0.3) is 0 Å². The summed E-state index contributed by atoms with van der Waals surface area (Å²) in [5.74, 6) is -0.0760. The zero-order valence-corrected chi connectivity index (χ0v) is 13.0. The van der Waals surface area contributed by atoms with E-state index in [1.807, 2.05) is 24.3 Å². The Hall–Kier alpha value is -2.01. The van der Waals surface area contributed by atoms with Crippen LogP contribution in [0.3, 0.4) is 0 Å². The van der Waals surface area contributed by atoms with Crippen molar-refractivity contribution in [2.45, 2.75) is 12.5 Å². The van der Waals surface area contributed by atoms with Crippen LogP contribution in [0.1, 0.15) is 5.56 Å². The molecule has 0 aliphatic rings. The lowest BCUT2D eigenvalue weighted by molar-refractivity contribution is -0.145. The molecular weight excluding hydrogens is 336 g/mol. The average molecular weight is 351 g/mol.